The zero-order valence-electron chi connectivity index (χ0n) is 16.3. The van der Waals surface area contributed by atoms with Crippen LogP contribution in [0, 0.1) is 0 Å². The van der Waals surface area contributed by atoms with Crippen molar-refractivity contribution in [2.24, 2.45) is 4.99 Å². The van der Waals surface area contributed by atoms with Crippen molar-refractivity contribution in [1.29, 1.82) is 0 Å². The molecular formula is C21H27BrN4O2. The van der Waals surface area contributed by atoms with E-state index < -0.39 is 0 Å². The summed E-state index contributed by atoms with van der Waals surface area (Å²) in [4.78, 5) is 7.06. The monoisotopic (exact) mass is 446 g/mol. The van der Waals surface area contributed by atoms with E-state index in [1.807, 2.05) is 12.1 Å². The second-order valence-corrected chi connectivity index (χ2v) is 7.58. The second kappa shape index (κ2) is 9.68. The first kappa shape index (κ1) is 20.3. The smallest absolute Gasteiger partial charge is 0.191 e. The number of nitrogens with zero attached hydrogens (tertiary/aromatic N) is 2. The highest BCUT2D eigenvalue weighted by Crippen LogP contribution is 2.29. The van der Waals surface area contributed by atoms with Crippen molar-refractivity contribution in [2.45, 2.75) is 25.9 Å². The topological polar surface area (TPSA) is 69.1 Å². The van der Waals surface area contributed by atoms with Gasteiger partial charge in [0.05, 0.1) is 19.3 Å². The zero-order chi connectivity index (χ0) is 19.9. The second-order valence-electron chi connectivity index (χ2n) is 6.73. The van der Waals surface area contributed by atoms with Crippen LogP contribution in [-0.2, 0) is 6.54 Å². The fourth-order valence-electron chi connectivity index (χ4n) is 3.32. The van der Waals surface area contributed by atoms with Gasteiger partial charge in [-0.1, -0.05) is 18.2 Å². The maximum Gasteiger partial charge on any atom is 0.191 e. The van der Waals surface area contributed by atoms with Gasteiger partial charge in [-0.3, -0.25) is 0 Å². The fourth-order valence-corrected chi connectivity index (χ4v) is 3.86. The lowest BCUT2D eigenvalue weighted by Gasteiger charge is -2.21. The Kier molecular flexibility index (Phi) is 7.03. The number of methoxy groups -OCH3 is 1. The molecular weight excluding hydrogens is 420 g/mol. The largest absolute Gasteiger partial charge is 0.504 e. The highest BCUT2D eigenvalue weighted by atomic mass is 79.9. The average Bonchev–Trinajstić information content (AvgIpc) is 3.15. The number of hydrogen-bond acceptors (Lipinski definition) is 4. The Morgan fingerprint density at radius 3 is 2.86 bits per heavy atom. The maximum atomic E-state index is 9.94. The predicted octanol–water partition coefficient (Wildman–Crippen LogP) is 3.50. The summed E-state index contributed by atoms with van der Waals surface area (Å²) in [5, 5.41) is 16.8. The number of benzene rings is 2. The number of rotatable bonds is 6. The summed E-state index contributed by atoms with van der Waals surface area (Å²) in [5.41, 5.74) is 2.15. The van der Waals surface area contributed by atoms with Crippen LogP contribution in [0.5, 0.6) is 11.5 Å². The van der Waals surface area contributed by atoms with Crippen LogP contribution in [0.4, 0.5) is 5.69 Å². The van der Waals surface area contributed by atoms with E-state index >= 15 is 0 Å². The number of anilines is 1. The Balaban J connectivity index is 1.62. The van der Waals surface area contributed by atoms with E-state index in [9.17, 15) is 5.11 Å². The van der Waals surface area contributed by atoms with E-state index in [0.717, 1.165) is 42.1 Å². The number of aliphatic imine (C=N–C) groups is 1. The maximum absolute atomic E-state index is 9.94. The first-order chi connectivity index (χ1) is 13.6. The van der Waals surface area contributed by atoms with Crippen molar-refractivity contribution in [3.63, 3.8) is 0 Å². The van der Waals surface area contributed by atoms with Crippen molar-refractivity contribution in [2.75, 3.05) is 31.6 Å². The number of nitrogens with one attached hydrogen (secondary N) is 2. The van der Waals surface area contributed by atoms with Gasteiger partial charge in [-0.05, 0) is 59.1 Å². The molecule has 0 aromatic heterocycles. The van der Waals surface area contributed by atoms with E-state index in [4.69, 9.17) is 4.74 Å². The van der Waals surface area contributed by atoms with Crippen molar-refractivity contribution in [3.05, 3.63) is 52.5 Å². The third-order valence-corrected chi connectivity index (χ3v) is 5.40. The summed E-state index contributed by atoms with van der Waals surface area (Å²) >= 11 is 3.64. The minimum Gasteiger partial charge on any atom is -0.504 e. The Morgan fingerprint density at radius 1 is 1.32 bits per heavy atom. The molecule has 0 aliphatic carbocycles. The van der Waals surface area contributed by atoms with Gasteiger partial charge < -0.3 is 25.4 Å². The highest BCUT2D eigenvalue weighted by Gasteiger charge is 2.24. The number of guanidine groups is 1. The van der Waals surface area contributed by atoms with E-state index in [0.29, 0.717) is 18.3 Å². The van der Waals surface area contributed by atoms with Crippen molar-refractivity contribution in [3.8, 4) is 11.5 Å². The molecule has 7 heteroatoms. The lowest BCUT2D eigenvalue weighted by atomic mass is 10.2. The molecule has 1 fully saturated rings. The number of hydrogen-bond donors (Lipinski definition) is 3. The van der Waals surface area contributed by atoms with E-state index in [2.05, 4.69) is 61.6 Å². The van der Waals surface area contributed by atoms with Gasteiger partial charge in [0.1, 0.15) is 0 Å². The molecule has 1 saturated heterocycles. The molecule has 0 radical (unpaired) electrons. The molecule has 150 valence electrons. The van der Waals surface area contributed by atoms with Gasteiger partial charge in [0, 0.05) is 30.1 Å². The quantitative estimate of drug-likeness (QED) is 0.467. The Morgan fingerprint density at radius 2 is 2.14 bits per heavy atom. The first-order valence-electron chi connectivity index (χ1n) is 9.51. The number of para-hydroxylation sites is 1. The van der Waals surface area contributed by atoms with E-state index in [-0.39, 0.29) is 5.75 Å². The SMILES string of the molecule is CCNC(=NCc1ccc(OC)c(O)c1)NC1CCN(c2ccccc2Br)C1. The van der Waals surface area contributed by atoms with Gasteiger partial charge in [0.25, 0.3) is 0 Å². The summed E-state index contributed by atoms with van der Waals surface area (Å²) in [6.07, 6.45) is 1.05. The average molecular weight is 447 g/mol. The molecule has 1 unspecified atom stereocenters. The van der Waals surface area contributed by atoms with Gasteiger partial charge in [0.15, 0.2) is 17.5 Å². The summed E-state index contributed by atoms with van der Waals surface area (Å²) in [5.74, 6) is 1.39. The molecule has 0 saturated carbocycles. The molecule has 1 atom stereocenters. The van der Waals surface area contributed by atoms with E-state index in [1.165, 1.54) is 5.69 Å². The van der Waals surface area contributed by atoms with Crippen LogP contribution in [0.1, 0.15) is 18.9 Å². The summed E-state index contributed by atoms with van der Waals surface area (Å²) < 4.78 is 6.21. The molecule has 3 rings (SSSR count). The van der Waals surface area contributed by atoms with Crippen LogP contribution in [0.3, 0.4) is 0 Å². The van der Waals surface area contributed by atoms with Crippen LogP contribution in [0.25, 0.3) is 0 Å². The van der Waals surface area contributed by atoms with Crippen LogP contribution in [0.15, 0.2) is 51.9 Å². The number of phenols is 1. The molecule has 1 heterocycles. The van der Waals surface area contributed by atoms with Crippen LogP contribution < -0.4 is 20.3 Å². The van der Waals surface area contributed by atoms with Gasteiger partial charge in [-0.25, -0.2) is 4.99 Å². The molecule has 2 aromatic rings. The number of phenolic OH excluding ortho intramolecular Hbond substituents is 1. The normalized spacial score (nSPS) is 16.9. The van der Waals surface area contributed by atoms with Crippen LogP contribution in [-0.4, -0.2) is 43.9 Å². The third kappa shape index (κ3) is 5.10. The molecule has 0 amide bonds. The van der Waals surface area contributed by atoms with Crippen molar-refractivity contribution in [1.82, 2.24) is 10.6 Å². The summed E-state index contributed by atoms with van der Waals surface area (Å²) in [6.45, 7) is 5.26. The molecule has 28 heavy (non-hydrogen) atoms. The minimum atomic E-state index is 0.132. The van der Waals surface area contributed by atoms with Crippen molar-refractivity contribution >= 4 is 27.6 Å². The molecule has 3 N–H and O–H groups in total. The Hall–Kier alpha value is -2.41. The lowest BCUT2D eigenvalue weighted by Crippen LogP contribution is -2.44. The van der Waals surface area contributed by atoms with Crippen molar-refractivity contribution < 1.29 is 9.84 Å². The first-order valence-corrected chi connectivity index (χ1v) is 10.3. The molecule has 2 aromatic carbocycles. The van der Waals surface area contributed by atoms with Crippen LogP contribution >= 0.6 is 15.9 Å². The molecule has 6 nitrogen and oxygen atoms in total. The van der Waals surface area contributed by atoms with Gasteiger partial charge in [0.2, 0.25) is 0 Å². The number of aromatic hydroxyl groups is 1. The summed E-state index contributed by atoms with van der Waals surface area (Å²) in [7, 11) is 1.54. The third-order valence-electron chi connectivity index (χ3n) is 4.73. The molecule has 1 aliphatic heterocycles. The molecule has 0 bridgehead atoms. The Labute approximate surface area is 174 Å². The number of ether oxygens (including phenoxy) is 1. The predicted molar refractivity (Wildman–Crippen MR) is 117 cm³/mol. The van der Waals surface area contributed by atoms with Gasteiger partial charge in [-0.15, -0.1) is 0 Å². The van der Waals surface area contributed by atoms with Crippen LogP contribution in [0.2, 0.25) is 0 Å². The Bertz CT molecular complexity index is 828. The van der Waals surface area contributed by atoms with Gasteiger partial charge in [-0.2, -0.15) is 0 Å². The molecule has 0 spiro atoms. The van der Waals surface area contributed by atoms with Gasteiger partial charge >= 0.3 is 0 Å². The lowest BCUT2D eigenvalue weighted by molar-refractivity contribution is 0.373. The highest BCUT2D eigenvalue weighted by molar-refractivity contribution is 9.10. The minimum absolute atomic E-state index is 0.132. The number of halogens is 1. The fraction of sp³-hybridized carbons (Fsp3) is 0.381. The zero-order valence-corrected chi connectivity index (χ0v) is 17.9. The van der Waals surface area contributed by atoms with E-state index in [1.54, 1.807) is 19.2 Å². The standard InChI is InChI=1S/C21H27BrN4O2/c1-3-23-21(24-13-15-8-9-20(28-2)19(27)12-15)25-16-10-11-26(14-16)18-7-5-4-6-17(18)22/h4-9,12,16,27H,3,10-11,13-14H2,1-2H3,(H2,23,24,25). The summed E-state index contributed by atoms with van der Waals surface area (Å²) in [6, 6.07) is 14.0. The molecule has 1 aliphatic rings.